The van der Waals surface area contributed by atoms with Gasteiger partial charge < -0.3 is 0 Å². The van der Waals surface area contributed by atoms with E-state index >= 15 is 0 Å². The van der Waals surface area contributed by atoms with Gasteiger partial charge in [-0.2, -0.15) is 0 Å². The van der Waals surface area contributed by atoms with Crippen LogP contribution in [0.1, 0.15) is 127 Å². The van der Waals surface area contributed by atoms with Crippen LogP contribution in [0.2, 0.25) is 0 Å². The van der Waals surface area contributed by atoms with Gasteiger partial charge in [0.15, 0.2) is 0 Å². The van der Waals surface area contributed by atoms with E-state index in [9.17, 15) is 0 Å². The van der Waals surface area contributed by atoms with E-state index in [4.69, 9.17) is 4.98 Å². The zero-order valence-electron chi connectivity index (χ0n) is 22.6. The Morgan fingerprint density at radius 3 is 1.79 bits per heavy atom. The molecular weight excluding hydrogens is 410 g/mol. The van der Waals surface area contributed by atoms with Crippen molar-refractivity contribution < 1.29 is 0 Å². The van der Waals surface area contributed by atoms with Crippen molar-refractivity contribution >= 4 is 21.7 Å². The van der Waals surface area contributed by atoms with Crippen LogP contribution in [0.15, 0.2) is 30.3 Å². The van der Waals surface area contributed by atoms with E-state index in [1.165, 1.54) is 124 Å². The molecule has 34 heavy (non-hydrogen) atoms. The van der Waals surface area contributed by atoms with E-state index in [0.29, 0.717) is 0 Å². The van der Waals surface area contributed by atoms with Gasteiger partial charge in [0.25, 0.3) is 0 Å². The van der Waals surface area contributed by atoms with Gasteiger partial charge in [-0.1, -0.05) is 109 Å². The molecule has 0 aliphatic rings. The summed E-state index contributed by atoms with van der Waals surface area (Å²) in [5.41, 5.74) is 7.55. The smallest absolute Gasteiger partial charge is 0.0789 e. The fourth-order valence-electron chi connectivity index (χ4n) is 5.55. The summed E-state index contributed by atoms with van der Waals surface area (Å²) in [6, 6.07) is 11.5. The second-order valence-corrected chi connectivity index (χ2v) is 10.3. The topological polar surface area (TPSA) is 12.9 Å². The molecule has 0 saturated heterocycles. The standard InChI is InChI=1S/C33H49N/c1-5-9-13-20-27-25-26-19-17-18-21-28(26)33-32(27)30(23-15-11-7-3)29(22-14-10-6-2)31(34-33)24-16-12-8-4/h17-19,21,25H,5-16,20,22-24H2,1-4H3. The minimum absolute atomic E-state index is 1.14. The quantitative estimate of drug-likeness (QED) is 0.153. The van der Waals surface area contributed by atoms with Crippen LogP contribution in [0.5, 0.6) is 0 Å². The summed E-state index contributed by atoms with van der Waals surface area (Å²) in [5.74, 6) is 0. The lowest BCUT2D eigenvalue weighted by Crippen LogP contribution is -2.08. The predicted molar refractivity (Wildman–Crippen MR) is 152 cm³/mol. The van der Waals surface area contributed by atoms with Crippen LogP contribution in [0.3, 0.4) is 0 Å². The molecule has 0 radical (unpaired) electrons. The zero-order valence-corrected chi connectivity index (χ0v) is 22.6. The van der Waals surface area contributed by atoms with Gasteiger partial charge in [0, 0.05) is 16.5 Å². The molecule has 0 fully saturated rings. The molecule has 0 aliphatic carbocycles. The Hall–Kier alpha value is -1.89. The molecule has 2 aromatic carbocycles. The second-order valence-electron chi connectivity index (χ2n) is 10.3. The SMILES string of the molecule is CCCCCc1nc2c(c(CCCCC)cc3ccccc32)c(CCCCC)c1CCCCC. The van der Waals surface area contributed by atoms with Gasteiger partial charge in [0.2, 0.25) is 0 Å². The molecule has 1 aromatic heterocycles. The third-order valence-electron chi connectivity index (χ3n) is 7.49. The van der Waals surface area contributed by atoms with Crippen LogP contribution in [0.25, 0.3) is 21.7 Å². The van der Waals surface area contributed by atoms with E-state index in [1.54, 1.807) is 16.7 Å². The van der Waals surface area contributed by atoms with Gasteiger partial charge in [-0.05, 0) is 73.4 Å². The van der Waals surface area contributed by atoms with E-state index < -0.39 is 0 Å². The van der Waals surface area contributed by atoms with Crippen molar-refractivity contribution in [2.24, 2.45) is 0 Å². The number of hydrogen-bond acceptors (Lipinski definition) is 1. The molecule has 1 heterocycles. The van der Waals surface area contributed by atoms with Crippen LogP contribution in [0.4, 0.5) is 0 Å². The minimum atomic E-state index is 1.14. The number of aryl methyl sites for hydroxylation is 3. The Morgan fingerprint density at radius 2 is 1.15 bits per heavy atom. The van der Waals surface area contributed by atoms with E-state index in [0.717, 1.165) is 6.42 Å². The zero-order chi connectivity index (χ0) is 24.2. The maximum absolute atomic E-state index is 5.53. The molecule has 0 N–H and O–H groups in total. The minimum Gasteiger partial charge on any atom is -0.252 e. The summed E-state index contributed by atoms with van der Waals surface area (Å²) in [6.07, 6.45) is 20.2. The van der Waals surface area contributed by atoms with Crippen LogP contribution in [-0.2, 0) is 25.7 Å². The molecule has 0 unspecified atom stereocenters. The van der Waals surface area contributed by atoms with Crippen molar-refractivity contribution in [2.45, 2.75) is 130 Å². The van der Waals surface area contributed by atoms with Crippen molar-refractivity contribution in [1.82, 2.24) is 4.98 Å². The summed E-state index contributed by atoms with van der Waals surface area (Å²) < 4.78 is 0. The Morgan fingerprint density at radius 1 is 0.588 bits per heavy atom. The second kappa shape index (κ2) is 14.5. The number of unbranched alkanes of at least 4 members (excludes halogenated alkanes) is 8. The van der Waals surface area contributed by atoms with Crippen molar-refractivity contribution in [1.29, 1.82) is 0 Å². The highest BCUT2D eigenvalue weighted by Gasteiger charge is 2.19. The molecule has 3 aromatic rings. The van der Waals surface area contributed by atoms with Crippen molar-refractivity contribution in [3.8, 4) is 0 Å². The van der Waals surface area contributed by atoms with Gasteiger partial charge >= 0.3 is 0 Å². The Kier molecular flexibility index (Phi) is 11.4. The van der Waals surface area contributed by atoms with Gasteiger partial charge in [0.1, 0.15) is 0 Å². The molecule has 3 rings (SSSR count). The van der Waals surface area contributed by atoms with E-state index in [-0.39, 0.29) is 0 Å². The van der Waals surface area contributed by atoms with Crippen LogP contribution in [-0.4, -0.2) is 4.98 Å². The number of aromatic nitrogens is 1. The van der Waals surface area contributed by atoms with Gasteiger partial charge in [-0.25, -0.2) is 0 Å². The first kappa shape index (κ1) is 26.7. The first-order valence-electron chi connectivity index (χ1n) is 14.6. The summed E-state index contributed by atoms with van der Waals surface area (Å²) in [6.45, 7) is 9.26. The Labute approximate surface area is 209 Å². The highest BCUT2D eigenvalue weighted by atomic mass is 14.7. The van der Waals surface area contributed by atoms with Gasteiger partial charge in [-0.15, -0.1) is 0 Å². The molecule has 0 aliphatic heterocycles. The maximum atomic E-state index is 5.53. The molecule has 0 bridgehead atoms. The monoisotopic (exact) mass is 459 g/mol. The summed E-state index contributed by atoms with van der Waals surface area (Å²) in [5, 5.41) is 4.24. The van der Waals surface area contributed by atoms with Gasteiger partial charge in [0.05, 0.1) is 5.52 Å². The molecule has 0 amide bonds. The first-order valence-corrected chi connectivity index (χ1v) is 14.6. The lowest BCUT2D eigenvalue weighted by Gasteiger charge is -2.21. The highest BCUT2D eigenvalue weighted by Crippen LogP contribution is 2.36. The molecular formula is C33H49N. The normalized spacial score (nSPS) is 11.6. The number of benzene rings is 2. The van der Waals surface area contributed by atoms with Gasteiger partial charge in [-0.3, -0.25) is 4.98 Å². The largest absolute Gasteiger partial charge is 0.252 e. The fourth-order valence-corrected chi connectivity index (χ4v) is 5.55. The number of fused-ring (bicyclic) bond motifs is 3. The highest BCUT2D eigenvalue weighted by molar-refractivity contribution is 6.08. The maximum Gasteiger partial charge on any atom is 0.0789 e. The Bertz CT molecular complexity index is 1020. The summed E-state index contributed by atoms with van der Waals surface area (Å²) in [4.78, 5) is 5.53. The van der Waals surface area contributed by atoms with Crippen molar-refractivity contribution in [2.75, 3.05) is 0 Å². The number of rotatable bonds is 16. The van der Waals surface area contributed by atoms with Crippen molar-refractivity contribution in [3.05, 3.63) is 52.7 Å². The third-order valence-corrected chi connectivity index (χ3v) is 7.49. The average molecular weight is 460 g/mol. The van der Waals surface area contributed by atoms with Crippen molar-refractivity contribution in [3.63, 3.8) is 0 Å². The van der Waals surface area contributed by atoms with E-state index in [2.05, 4.69) is 58.0 Å². The van der Waals surface area contributed by atoms with Crippen LogP contribution >= 0.6 is 0 Å². The molecule has 0 saturated carbocycles. The Balaban J connectivity index is 2.25. The number of nitrogens with zero attached hydrogens (tertiary/aromatic N) is 1. The van der Waals surface area contributed by atoms with Crippen LogP contribution in [0, 0.1) is 0 Å². The number of hydrogen-bond donors (Lipinski definition) is 0. The fraction of sp³-hybridized carbons (Fsp3) is 0.606. The molecule has 1 nitrogen and oxygen atoms in total. The number of pyridine rings is 1. The lowest BCUT2D eigenvalue weighted by molar-refractivity contribution is 0.672. The van der Waals surface area contributed by atoms with E-state index in [1.807, 2.05) is 0 Å². The van der Waals surface area contributed by atoms with Crippen LogP contribution < -0.4 is 0 Å². The summed E-state index contributed by atoms with van der Waals surface area (Å²) in [7, 11) is 0. The average Bonchev–Trinajstić information content (AvgIpc) is 2.85. The molecule has 0 spiro atoms. The summed E-state index contributed by atoms with van der Waals surface area (Å²) >= 11 is 0. The first-order chi connectivity index (χ1) is 16.7. The predicted octanol–water partition coefficient (Wildman–Crippen LogP) is 10.3. The molecule has 0 atom stereocenters. The third kappa shape index (κ3) is 6.83. The molecule has 186 valence electrons. The lowest BCUT2D eigenvalue weighted by atomic mass is 9.86. The molecule has 1 heteroatoms.